The van der Waals surface area contributed by atoms with Crippen molar-refractivity contribution in [3.05, 3.63) is 83.7 Å². The lowest BCUT2D eigenvalue weighted by atomic mass is 9.95. The number of sulfonamides is 1. The van der Waals surface area contributed by atoms with E-state index in [4.69, 9.17) is 9.47 Å². The van der Waals surface area contributed by atoms with Crippen LogP contribution in [0, 0.1) is 12.7 Å². The summed E-state index contributed by atoms with van der Waals surface area (Å²) in [5.74, 6) is -0.870. The quantitative estimate of drug-likeness (QED) is 0.261. The Labute approximate surface area is 265 Å². The second-order valence-electron chi connectivity index (χ2n) is 11.3. The number of anilines is 1. The zero-order valence-electron chi connectivity index (χ0n) is 26.3. The van der Waals surface area contributed by atoms with Gasteiger partial charge in [-0.2, -0.15) is 0 Å². The van der Waals surface area contributed by atoms with E-state index in [1.807, 2.05) is 38.1 Å². The standard InChI is InChI=1S/C34H42FN3O6S/c1-5-30(34(40)36-27-9-7-6-8-10-27)37(22-25-13-11-24(2)12-14-25)33(39)23-38(28-17-15-26(35)16-18-28)45(41,42)29-19-20-31(43-3)32(21-29)44-4/h11-21,27,30H,5-10,22-23H2,1-4H3,(H,36,40). The molecular weight excluding hydrogens is 597 g/mol. The zero-order valence-corrected chi connectivity index (χ0v) is 27.1. The van der Waals surface area contributed by atoms with Crippen LogP contribution < -0.4 is 19.1 Å². The summed E-state index contributed by atoms with van der Waals surface area (Å²) < 4.78 is 53.8. The third-order valence-corrected chi connectivity index (χ3v) is 9.92. The average molecular weight is 640 g/mol. The minimum absolute atomic E-state index is 0.0396. The molecule has 0 saturated heterocycles. The number of carbonyl (C=O) groups excluding carboxylic acids is 2. The van der Waals surface area contributed by atoms with Crippen LogP contribution in [0.25, 0.3) is 0 Å². The lowest BCUT2D eigenvalue weighted by Gasteiger charge is -2.34. The van der Waals surface area contributed by atoms with Gasteiger partial charge >= 0.3 is 0 Å². The van der Waals surface area contributed by atoms with E-state index >= 15 is 0 Å². The number of methoxy groups -OCH3 is 2. The van der Waals surface area contributed by atoms with E-state index in [9.17, 15) is 22.4 Å². The van der Waals surface area contributed by atoms with Gasteiger partial charge in [0.2, 0.25) is 11.8 Å². The molecule has 1 fully saturated rings. The van der Waals surface area contributed by atoms with Crippen molar-refractivity contribution in [1.29, 1.82) is 0 Å². The number of nitrogens with one attached hydrogen (secondary N) is 1. The van der Waals surface area contributed by atoms with Crippen LogP contribution in [0.2, 0.25) is 0 Å². The Bertz CT molecular complexity index is 1560. The van der Waals surface area contributed by atoms with Gasteiger partial charge < -0.3 is 19.7 Å². The maximum atomic E-state index is 14.3. The number of halogens is 1. The molecule has 1 saturated carbocycles. The van der Waals surface area contributed by atoms with Gasteiger partial charge in [0.1, 0.15) is 18.4 Å². The van der Waals surface area contributed by atoms with E-state index in [1.165, 1.54) is 49.5 Å². The van der Waals surface area contributed by atoms with Gasteiger partial charge in [0, 0.05) is 18.7 Å². The minimum Gasteiger partial charge on any atom is -0.493 e. The van der Waals surface area contributed by atoms with Crippen molar-refractivity contribution in [2.45, 2.75) is 75.9 Å². The van der Waals surface area contributed by atoms with Gasteiger partial charge in [0.15, 0.2) is 11.5 Å². The van der Waals surface area contributed by atoms with Crippen LogP contribution in [0.15, 0.2) is 71.6 Å². The fraction of sp³-hybridized carbons (Fsp3) is 0.412. The summed E-state index contributed by atoms with van der Waals surface area (Å²) in [4.78, 5) is 29.3. The Balaban J connectivity index is 1.73. The molecule has 11 heteroatoms. The first kappa shape index (κ1) is 33.8. The van der Waals surface area contributed by atoms with Gasteiger partial charge in [-0.15, -0.1) is 0 Å². The van der Waals surface area contributed by atoms with Crippen LogP contribution in [0.4, 0.5) is 10.1 Å². The summed E-state index contributed by atoms with van der Waals surface area (Å²) in [6.45, 7) is 3.27. The fourth-order valence-corrected chi connectivity index (χ4v) is 7.02. The molecular formula is C34H42FN3O6S. The Morgan fingerprint density at radius 1 is 0.933 bits per heavy atom. The first-order valence-corrected chi connectivity index (χ1v) is 16.7. The summed E-state index contributed by atoms with van der Waals surface area (Å²) in [6.07, 6.45) is 5.30. The number of carbonyl (C=O) groups is 2. The number of hydrogen-bond donors (Lipinski definition) is 1. The van der Waals surface area contributed by atoms with Gasteiger partial charge in [0.05, 0.1) is 24.8 Å². The number of benzene rings is 3. The first-order chi connectivity index (χ1) is 21.6. The number of aryl methyl sites for hydroxylation is 1. The molecule has 0 bridgehead atoms. The van der Waals surface area contributed by atoms with Crippen molar-refractivity contribution in [3.8, 4) is 11.5 Å². The Kier molecular flexibility index (Phi) is 11.4. The Morgan fingerprint density at radius 2 is 1.58 bits per heavy atom. The number of rotatable bonds is 13. The van der Waals surface area contributed by atoms with Gasteiger partial charge in [-0.1, -0.05) is 56.0 Å². The van der Waals surface area contributed by atoms with Crippen molar-refractivity contribution >= 4 is 27.5 Å². The molecule has 0 aromatic heterocycles. The van der Waals surface area contributed by atoms with Crippen molar-refractivity contribution < 1.29 is 31.9 Å². The minimum atomic E-state index is -4.38. The number of ether oxygens (including phenoxy) is 2. The van der Waals surface area contributed by atoms with Crippen molar-refractivity contribution in [2.24, 2.45) is 0 Å². The lowest BCUT2D eigenvalue weighted by molar-refractivity contribution is -0.140. The summed E-state index contributed by atoms with van der Waals surface area (Å²) in [5.41, 5.74) is 1.94. The molecule has 242 valence electrons. The molecule has 1 aliphatic carbocycles. The third kappa shape index (κ3) is 8.33. The van der Waals surface area contributed by atoms with Gasteiger partial charge in [0.25, 0.3) is 10.0 Å². The van der Waals surface area contributed by atoms with Gasteiger partial charge in [-0.25, -0.2) is 12.8 Å². The highest BCUT2D eigenvalue weighted by atomic mass is 32.2. The molecule has 1 aliphatic rings. The van der Waals surface area contributed by atoms with Crippen LogP contribution in [0.3, 0.4) is 0 Å². The first-order valence-electron chi connectivity index (χ1n) is 15.2. The summed E-state index contributed by atoms with van der Waals surface area (Å²) in [7, 11) is -1.55. The monoisotopic (exact) mass is 639 g/mol. The third-order valence-electron chi connectivity index (χ3n) is 8.15. The largest absolute Gasteiger partial charge is 0.493 e. The molecule has 2 amide bonds. The van der Waals surface area contributed by atoms with Crippen LogP contribution >= 0.6 is 0 Å². The van der Waals surface area contributed by atoms with E-state index < -0.39 is 34.3 Å². The van der Waals surface area contributed by atoms with Crippen LogP contribution in [-0.2, 0) is 26.2 Å². The number of nitrogens with zero attached hydrogens (tertiary/aromatic N) is 2. The molecule has 0 spiro atoms. The van der Waals surface area contributed by atoms with Crippen LogP contribution in [-0.4, -0.2) is 58.0 Å². The maximum absolute atomic E-state index is 14.3. The average Bonchev–Trinajstić information content (AvgIpc) is 3.04. The van der Waals surface area contributed by atoms with Crippen LogP contribution in [0.5, 0.6) is 11.5 Å². The normalized spacial score (nSPS) is 14.3. The Morgan fingerprint density at radius 3 is 2.18 bits per heavy atom. The zero-order chi connectivity index (χ0) is 32.6. The number of hydrogen-bond acceptors (Lipinski definition) is 6. The van der Waals surface area contributed by atoms with E-state index in [2.05, 4.69) is 5.32 Å². The lowest BCUT2D eigenvalue weighted by Crippen LogP contribution is -2.54. The second-order valence-corrected chi connectivity index (χ2v) is 13.1. The highest BCUT2D eigenvalue weighted by Crippen LogP contribution is 2.32. The molecule has 3 aromatic rings. The van der Waals surface area contributed by atoms with Crippen molar-refractivity contribution in [1.82, 2.24) is 10.2 Å². The van der Waals surface area contributed by atoms with Crippen molar-refractivity contribution in [2.75, 3.05) is 25.1 Å². The van der Waals surface area contributed by atoms with Crippen LogP contribution in [0.1, 0.15) is 56.6 Å². The highest BCUT2D eigenvalue weighted by Gasteiger charge is 2.35. The smallest absolute Gasteiger partial charge is 0.264 e. The second kappa shape index (κ2) is 15.2. The molecule has 0 aliphatic heterocycles. The molecule has 45 heavy (non-hydrogen) atoms. The molecule has 1 unspecified atom stereocenters. The summed E-state index contributed by atoms with van der Waals surface area (Å²) in [6, 6.07) is 15.8. The molecule has 0 radical (unpaired) electrons. The van der Waals surface area contributed by atoms with E-state index in [1.54, 1.807) is 0 Å². The fourth-order valence-electron chi connectivity index (χ4n) is 5.59. The van der Waals surface area contributed by atoms with E-state index in [0.717, 1.165) is 59.7 Å². The van der Waals surface area contributed by atoms with Gasteiger partial charge in [-0.3, -0.25) is 13.9 Å². The molecule has 9 nitrogen and oxygen atoms in total. The summed E-state index contributed by atoms with van der Waals surface area (Å²) >= 11 is 0. The SMILES string of the molecule is CCC(C(=O)NC1CCCCC1)N(Cc1ccc(C)cc1)C(=O)CN(c1ccc(F)cc1)S(=O)(=O)c1ccc(OC)c(OC)c1. The van der Waals surface area contributed by atoms with Crippen molar-refractivity contribution in [3.63, 3.8) is 0 Å². The topological polar surface area (TPSA) is 105 Å². The molecule has 0 heterocycles. The predicted molar refractivity (Wildman–Crippen MR) is 171 cm³/mol. The van der Waals surface area contributed by atoms with E-state index in [-0.39, 0.29) is 34.8 Å². The molecule has 3 aromatic carbocycles. The maximum Gasteiger partial charge on any atom is 0.264 e. The predicted octanol–water partition coefficient (Wildman–Crippen LogP) is 5.60. The van der Waals surface area contributed by atoms with Gasteiger partial charge in [-0.05, 0) is 68.1 Å². The number of amides is 2. The molecule has 1 atom stereocenters. The highest BCUT2D eigenvalue weighted by molar-refractivity contribution is 7.92. The molecule has 1 N–H and O–H groups in total. The Hall–Kier alpha value is -4.12. The molecule has 4 rings (SSSR count). The van der Waals surface area contributed by atoms with E-state index in [0.29, 0.717) is 12.2 Å². The summed E-state index contributed by atoms with van der Waals surface area (Å²) in [5, 5.41) is 3.14.